The molecule has 4 nitrogen and oxygen atoms in total. The maximum absolute atomic E-state index is 13.2. The van der Waals surface area contributed by atoms with Crippen molar-refractivity contribution in [3.63, 3.8) is 0 Å². The molecule has 23 heavy (non-hydrogen) atoms. The molecule has 1 N–H and O–H groups in total. The lowest BCUT2D eigenvalue weighted by Crippen LogP contribution is -2.13. The first-order chi connectivity index (χ1) is 10.9. The minimum atomic E-state index is -3.84. The van der Waals surface area contributed by atoms with E-state index < -0.39 is 15.8 Å². The number of anilines is 1. The maximum Gasteiger partial charge on any atom is 0.261 e. The highest BCUT2D eigenvalue weighted by Crippen LogP contribution is 2.31. The van der Waals surface area contributed by atoms with E-state index in [4.69, 9.17) is 11.6 Å². The molecule has 0 atom stereocenters. The van der Waals surface area contributed by atoms with Crippen molar-refractivity contribution in [1.29, 1.82) is 0 Å². The summed E-state index contributed by atoms with van der Waals surface area (Å²) in [5, 5.41) is -0.240. The van der Waals surface area contributed by atoms with Gasteiger partial charge < -0.3 is 0 Å². The van der Waals surface area contributed by atoms with Crippen LogP contribution in [0.25, 0.3) is 10.2 Å². The number of nitrogens with one attached hydrogen (secondary N) is 1. The van der Waals surface area contributed by atoms with Crippen LogP contribution in [0.5, 0.6) is 0 Å². The number of halogens is 2. The normalized spacial score (nSPS) is 11.8. The van der Waals surface area contributed by atoms with Gasteiger partial charge in [0, 0.05) is 0 Å². The summed E-state index contributed by atoms with van der Waals surface area (Å²) in [6.45, 7) is 0. The van der Waals surface area contributed by atoms with E-state index in [1.807, 2.05) is 6.26 Å². The summed E-state index contributed by atoms with van der Waals surface area (Å²) >= 11 is 8.66. The second-order valence-corrected chi connectivity index (χ2v) is 8.72. The number of rotatable bonds is 4. The third kappa shape index (κ3) is 3.45. The van der Waals surface area contributed by atoms with E-state index in [0.717, 1.165) is 26.7 Å². The Morgan fingerprint density at radius 1 is 1.26 bits per heavy atom. The largest absolute Gasteiger partial charge is 0.280 e. The Kier molecular flexibility index (Phi) is 4.50. The molecule has 3 rings (SSSR count). The van der Waals surface area contributed by atoms with Gasteiger partial charge in [-0.3, -0.25) is 4.72 Å². The fraction of sp³-hybridized carbons (Fsp3) is 0.0714. The molecule has 0 saturated heterocycles. The SMILES string of the molecule is CSc1nc2ccc(NS(=O)(=O)c3ccc(F)c(Cl)c3)cc2s1. The Balaban J connectivity index is 1.94. The first-order valence-electron chi connectivity index (χ1n) is 6.31. The molecule has 0 aliphatic heterocycles. The van der Waals surface area contributed by atoms with Crippen LogP contribution in [-0.2, 0) is 10.0 Å². The van der Waals surface area contributed by atoms with Gasteiger partial charge >= 0.3 is 0 Å². The van der Waals surface area contributed by atoms with E-state index in [1.54, 1.807) is 18.2 Å². The Hall–Kier alpha value is -1.35. The summed E-state index contributed by atoms with van der Waals surface area (Å²) in [7, 11) is -3.84. The molecule has 9 heteroatoms. The molecule has 0 spiro atoms. The monoisotopic (exact) mass is 388 g/mol. The van der Waals surface area contributed by atoms with E-state index in [9.17, 15) is 12.8 Å². The molecule has 0 bridgehead atoms. The lowest BCUT2D eigenvalue weighted by Gasteiger charge is -2.08. The summed E-state index contributed by atoms with van der Waals surface area (Å²) in [5.41, 5.74) is 1.22. The third-order valence-electron chi connectivity index (χ3n) is 3.00. The van der Waals surface area contributed by atoms with Gasteiger partial charge in [0.25, 0.3) is 10.0 Å². The number of hydrogen-bond donors (Lipinski definition) is 1. The zero-order valence-corrected chi connectivity index (χ0v) is 14.9. The minimum Gasteiger partial charge on any atom is -0.280 e. The van der Waals surface area contributed by atoms with Gasteiger partial charge in [-0.05, 0) is 42.7 Å². The second kappa shape index (κ2) is 6.27. The van der Waals surface area contributed by atoms with Gasteiger partial charge in [-0.15, -0.1) is 11.3 Å². The van der Waals surface area contributed by atoms with E-state index in [0.29, 0.717) is 5.69 Å². The van der Waals surface area contributed by atoms with Gasteiger partial charge in [0.1, 0.15) is 5.82 Å². The van der Waals surface area contributed by atoms with Gasteiger partial charge in [0.15, 0.2) is 4.34 Å². The average molecular weight is 389 g/mol. The first kappa shape index (κ1) is 16.5. The molecule has 2 aromatic carbocycles. The van der Waals surface area contributed by atoms with Crippen LogP contribution >= 0.6 is 34.7 Å². The first-order valence-corrected chi connectivity index (χ1v) is 10.2. The van der Waals surface area contributed by atoms with Crippen LogP contribution in [0, 0.1) is 5.82 Å². The second-order valence-electron chi connectivity index (χ2n) is 4.55. The van der Waals surface area contributed by atoms with Crippen molar-refractivity contribution in [1.82, 2.24) is 4.98 Å². The highest BCUT2D eigenvalue weighted by molar-refractivity contribution is 8.00. The van der Waals surface area contributed by atoms with Gasteiger partial charge in [0.2, 0.25) is 0 Å². The molecule has 1 heterocycles. The van der Waals surface area contributed by atoms with E-state index in [2.05, 4.69) is 9.71 Å². The minimum absolute atomic E-state index is 0.0990. The number of thiazole rings is 1. The van der Waals surface area contributed by atoms with Crippen molar-refractivity contribution < 1.29 is 12.8 Å². The highest BCUT2D eigenvalue weighted by atomic mass is 35.5. The lowest BCUT2D eigenvalue weighted by atomic mass is 10.3. The Labute approximate surface area is 145 Å². The van der Waals surface area contributed by atoms with Crippen LogP contribution < -0.4 is 4.72 Å². The van der Waals surface area contributed by atoms with E-state index >= 15 is 0 Å². The Bertz CT molecular complexity index is 989. The highest BCUT2D eigenvalue weighted by Gasteiger charge is 2.16. The molecule has 0 radical (unpaired) electrons. The smallest absolute Gasteiger partial charge is 0.261 e. The number of aromatic nitrogens is 1. The van der Waals surface area contributed by atoms with Crippen LogP contribution in [-0.4, -0.2) is 19.7 Å². The summed E-state index contributed by atoms with van der Waals surface area (Å²) in [4.78, 5) is 4.29. The third-order valence-corrected chi connectivity index (χ3v) is 6.67. The van der Waals surface area contributed by atoms with Crippen molar-refractivity contribution in [2.45, 2.75) is 9.24 Å². The van der Waals surface area contributed by atoms with Crippen molar-refractivity contribution in [3.05, 3.63) is 47.2 Å². The molecule has 1 aromatic heterocycles. The number of nitrogens with zero attached hydrogens (tertiary/aromatic N) is 1. The molecule has 0 amide bonds. The summed E-state index contributed by atoms with van der Waals surface area (Å²) in [5.74, 6) is -0.665. The van der Waals surface area contributed by atoms with Crippen LogP contribution in [0.1, 0.15) is 0 Å². The van der Waals surface area contributed by atoms with Crippen LogP contribution in [0.3, 0.4) is 0 Å². The topological polar surface area (TPSA) is 59.1 Å². The average Bonchev–Trinajstić information content (AvgIpc) is 2.91. The van der Waals surface area contributed by atoms with Crippen molar-refractivity contribution in [2.24, 2.45) is 0 Å². The number of fused-ring (bicyclic) bond motifs is 1. The molecule has 0 fully saturated rings. The predicted octanol–water partition coefficient (Wildman–Crippen LogP) is 4.61. The Morgan fingerprint density at radius 2 is 2.04 bits per heavy atom. The van der Waals surface area contributed by atoms with Crippen molar-refractivity contribution >= 4 is 60.6 Å². The van der Waals surface area contributed by atoms with Crippen LogP contribution in [0.4, 0.5) is 10.1 Å². The van der Waals surface area contributed by atoms with Crippen molar-refractivity contribution in [3.8, 4) is 0 Å². The van der Waals surface area contributed by atoms with Gasteiger partial charge in [-0.1, -0.05) is 23.4 Å². The standard InChI is InChI=1S/C14H10ClFN2O2S3/c1-21-14-17-12-5-2-8(6-13(12)22-14)18-23(19,20)9-3-4-11(16)10(15)7-9/h2-7,18H,1H3. The summed E-state index contributed by atoms with van der Waals surface area (Å²) < 4.78 is 42.1. The molecule has 3 aromatic rings. The fourth-order valence-electron chi connectivity index (χ4n) is 1.91. The van der Waals surface area contributed by atoms with Gasteiger partial charge in [-0.2, -0.15) is 0 Å². The number of thioether (sulfide) groups is 1. The van der Waals surface area contributed by atoms with Gasteiger partial charge in [0.05, 0.1) is 25.8 Å². The van der Waals surface area contributed by atoms with E-state index in [1.165, 1.54) is 29.2 Å². The van der Waals surface area contributed by atoms with Crippen LogP contribution in [0.15, 0.2) is 45.6 Å². The molecular formula is C14H10ClFN2O2S3. The van der Waals surface area contributed by atoms with Gasteiger partial charge in [-0.25, -0.2) is 17.8 Å². The molecular weight excluding hydrogens is 379 g/mol. The van der Waals surface area contributed by atoms with Crippen molar-refractivity contribution in [2.75, 3.05) is 11.0 Å². The molecule has 0 saturated carbocycles. The lowest BCUT2D eigenvalue weighted by molar-refractivity contribution is 0.599. The molecule has 0 unspecified atom stereocenters. The zero-order valence-electron chi connectivity index (χ0n) is 11.7. The molecule has 0 aliphatic rings. The molecule has 120 valence electrons. The molecule has 0 aliphatic carbocycles. The Morgan fingerprint density at radius 3 is 2.74 bits per heavy atom. The fourth-order valence-corrected chi connectivity index (χ4v) is 4.76. The number of hydrogen-bond acceptors (Lipinski definition) is 5. The number of benzene rings is 2. The summed E-state index contributed by atoms with van der Waals surface area (Å²) in [6, 6.07) is 8.37. The zero-order chi connectivity index (χ0) is 16.6. The van der Waals surface area contributed by atoms with Crippen LogP contribution in [0.2, 0.25) is 5.02 Å². The summed E-state index contributed by atoms with van der Waals surface area (Å²) in [6.07, 6.45) is 1.93. The quantitative estimate of drug-likeness (QED) is 0.663. The van der Waals surface area contributed by atoms with E-state index in [-0.39, 0.29) is 9.92 Å². The maximum atomic E-state index is 13.2. The predicted molar refractivity (Wildman–Crippen MR) is 93.6 cm³/mol. The number of sulfonamides is 1.